The lowest BCUT2D eigenvalue weighted by Crippen LogP contribution is -2.38. The summed E-state index contributed by atoms with van der Waals surface area (Å²) >= 11 is 0. The first-order chi connectivity index (χ1) is 8.20. The van der Waals surface area contributed by atoms with E-state index in [0.29, 0.717) is 6.42 Å². The van der Waals surface area contributed by atoms with Gasteiger partial charge in [0.25, 0.3) is 0 Å². The van der Waals surface area contributed by atoms with Gasteiger partial charge in [0.2, 0.25) is 5.91 Å². The third-order valence-electron chi connectivity index (χ3n) is 3.31. The number of carbonyl (C=O) groups excluding carboxylic acids is 1. The number of carbonyl (C=O) groups is 1. The molecule has 3 N–H and O–H groups in total. The Morgan fingerprint density at radius 1 is 1.28 bits per heavy atom. The molecule has 1 amide bonds. The molecule has 1 aromatic carbocycles. The number of amides is 1. The van der Waals surface area contributed by atoms with Crippen molar-refractivity contribution in [1.82, 2.24) is 0 Å². The van der Waals surface area contributed by atoms with Crippen molar-refractivity contribution in [1.29, 1.82) is 0 Å². The largest absolute Gasteiger partial charge is 0.327 e. The molecular weight excluding hydrogens is 224 g/mol. The SMILES string of the molecule is Cc1ccc(NC(=O)CC(N)C(C)(C)C)cc1C. The lowest BCUT2D eigenvalue weighted by molar-refractivity contribution is -0.117. The van der Waals surface area contributed by atoms with Crippen molar-refractivity contribution in [3.63, 3.8) is 0 Å². The highest BCUT2D eigenvalue weighted by Gasteiger charge is 2.23. The van der Waals surface area contributed by atoms with Gasteiger partial charge < -0.3 is 11.1 Å². The molecule has 0 radical (unpaired) electrons. The molecule has 0 heterocycles. The van der Waals surface area contributed by atoms with Crippen LogP contribution in [0.1, 0.15) is 38.3 Å². The number of nitrogens with one attached hydrogen (secondary N) is 1. The van der Waals surface area contributed by atoms with E-state index in [9.17, 15) is 4.79 Å². The molecule has 1 aromatic rings. The molecule has 3 heteroatoms. The average Bonchev–Trinajstić information content (AvgIpc) is 2.22. The zero-order chi connectivity index (χ0) is 13.9. The fourth-order valence-corrected chi connectivity index (χ4v) is 1.54. The quantitative estimate of drug-likeness (QED) is 0.864. The molecule has 0 saturated heterocycles. The minimum absolute atomic E-state index is 0.0271. The summed E-state index contributed by atoms with van der Waals surface area (Å²) in [5.41, 5.74) is 9.18. The fraction of sp³-hybridized carbons (Fsp3) is 0.533. The normalized spacial score (nSPS) is 13.2. The maximum atomic E-state index is 11.9. The Balaban J connectivity index is 2.62. The molecule has 0 aliphatic carbocycles. The zero-order valence-corrected chi connectivity index (χ0v) is 12.0. The van der Waals surface area contributed by atoms with Crippen LogP contribution in [-0.4, -0.2) is 11.9 Å². The number of hydrogen-bond donors (Lipinski definition) is 2. The Labute approximate surface area is 110 Å². The molecule has 0 saturated carbocycles. The molecule has 0 aliphatic rings. The summed E-state index contributed by atoms with van der Waals surface area (Å²) in [5, 5.41) is 2.89. The van der Waals surface area contributed by atoms with Crippen molar-refractivity contribution >= 4 is 11.6 Å². The van der Waals surface area contributed by atoms with Gasteiger partial charge in [0.15, 0.2) is 0 Å². The summed E-state index contributed by atoms with van der Waals surface area (Å²) < 4.78 is 0. The summed E-state index contributed by atoms with van der Waals surface area (Å²) in [7, 11) is 0. The zero-order valence-electron chi connectivity index (χ0n) is 12.0. The predicted molar refractivity (Wildman–Crippen MR) is 76.6 cm³/mol. The van der Waals surface area contributed by atoms with E-state index in [2.05, 4.69) is 12.2 Å². The van der Waals surface area contributed by atoms with E-state index in [4.69, 9.17) is 5.73 Å². The Kier molecular flexibility index (Phi) is 4.52. The van der Waals surface area contributed by atoms with E-state index in [-0.39, 0.29) is 17.4 Å². The number of nitrogens with two attached hydrogens (primary N) is 1. The molecule has 1 unspecified atom stereocenters. The Bertz CT molecular complexity index is 433. The first-order valence-electron chi connectivity index (χ1n) is 6.33. The molecule has 18 heavy (non-hydrogen) atoms. The maximum Gasteiger partial charge on any atom is 0.225 e. The standard InChI is InChI=1S/C15H24N2O/c1-10-6-7-12(8-11(10)2)17-14(18)9-13(16)15(3,4)5/h6-8,13H,9,16H2,1-5H3,(H,17,18). The third kappa shape index (κ3) is 4.15. The van der Waals surface area contributed by atoms with E-state index in [1.54, 1.807) is 0 Å². The van der Waals surface area contributed by atoms with Crippen molar-refractivity contribution in [2.45, 2.75) is 47.1 Å². The van der Waals surface area contributed by atoms with Crippen molar-refractivity contribution < 1.29 is 4.79 Å². The molecule has 0 aromatic heterocycles. The molecule has 0 spiro atoms. The minimum Gasteiger partial charge on any atom is -0.327 e. The summed E-state index contributed by atoms with van der Waals surface area (Å²) in [6, 6.07) is 5.77. The highest BCUT2D eigenvalue weighted by molar-refractivity contribution is 5.91. The van der Waals surface area contributed by atoms with Gasteiger partial charge in [-0.3, -0.25) is 4.79 Å². The highest BCUT2D eigenvalue weighted by atomic mass is 16.1. The third-order valence-corrected chi connectivity index (χ3v) is 3.31. The van der Waals surface area contributed by atoms with Crippen LogP contribution >= 0.6 is 0 Å². The average molecular weight is 248 g/mol. The van der Waals surface area contributed by atoms with Gasteiger partial charge in [-0.2, -0.15) is 0 Å². The summed E-state index contributed by atoms with van der Waals surface area (Å²) in [5.74, 6) is -0.0271. The number of anilines is 1. The van der Waals surface area contributed by atoms with Crippen LogP contribution in [0.2, 0.25) is 0 Å². The summed E-state index contributed by atoms with van der Waals surface area (Å²) in [6.07, 6.45) is 0.344. The lowest BCUT2D eigenvalue weighted by Gasteiger charge is -2.26. The van der Waals surface area contributed by atoms with Crippen LogP contribution in [0.15, 0.2) is 18.2 Å². The van der Waals surface area contributed by atoms with Gasteiger partial charge >= 0.3 is 0 Å². The van der Waals surface area contributed by atoms with Crippen LogP contribution in [0.5, 0.6) is 0 Å². The van der Waals surface area contributed by atoms with Crippen LogP contribution in [-0.2, 0) is 4.79 Å². The molecule has 0 bridgehead atoms. The lowest BCUT2D eigenvalue weighted by atomic mass is 9.85. The van der Waals surface area contributed by atoms with Crippen LogP contribution < -0.4 is 11.1 Å². The monoisotopic (exact) mass is 248 g/mol. The van der Waals surface area contributed by atoms with Gasteiger partial charge in [-0.15, -0.1) is 0 Å². The van der Waals surface area contributed by atoms with E-state index >= 15 is 0 Å². The number of rotatable bonds is 3. The van der Waals surface area contributed by atoms with Gasteiger partial charge in [-0.25, -0.2) is 0 Å². The Hall–Kier alpha value is -1.35. The second kappa shape index (κ2) is 5.53. The van der Waals surface area contributed by atoms with Gasteiger partial charge in [0.05, 0.1) is 0 Å². The number of benzene rings is 1. The van der Waals surface area contributed by atoms with Crippen molar-refractivity contribution in [3.05, 3.63) is 29.3 Å². The van der Waals surface area contributed by atoms with Crippen LogP contribution in [0.4, 0.5) is 5.69 Å². The van der Waals surface area contributed by atoms with Crippen LogP contribution in [0.3, 0.4) is 0 Å². The first kappa shape index (κ1) is 14.7. The van der Waals surface area contributed by atoms with Crippen LogP contribution in [0.25, 0.3) is 0 Å². The van der Waals surface area contributed by atoms with Crippen molar-refractivity contribution in [2.75, 3.05) is 5.32 Å². The van der Waals surface area contributed by atoms with Gasteiger partial charge in [0, 0.05) is 18.2 Å². The van der Waals surface area contributed by atoms with Gasteiger partial charge in [-0.1, -0.05) is 26.8 Å². The summed E-state index contributed by atoms with van der Waals surface area (Å²) in [4.78, 5) is 11.9. The molecule has 0 aliphatic heterocycles. The number of aryl methyl sites for hydroxylation is 2. The Morgan fingerprint density at radius 3 is 2.39 bits per heavy atom. The molecule has 3 nitrogen and oxygen atoms in total. The predicted octanol–water partition coefficient (Wildman–Crippen LogP) is 3.01. The van der Waals surface area contributed by atoms with E-state index in [0.717, 1.165) is 5.69 Å². The fourth-order valence-electron chi connectivity index (χ4n) is 1.54. The van der Waals surface area contributed by atoms with E-state index < -0.39 is 0 Å². The molecule has 1 rings (SSSR count). The van der Waals surface area contributed by atoms with Crippen LogP contribution in [0, 0.1) is 19.3 Å². The smallest absolute Gasteiger partial charge is 0.225 e. The van der Waals surface area contributed by atoms with E-state index in [1.165, 1.54) is 11.1 Å². The molecule has 100 valence electrons. The maximum absolute atomic E-state index is 11.9. The first-order valence-corrected chi connectivity index (χ1v) is 6.33. The topological polar surface area (TPSA) is 55.1 Å². The Morgan fingerprint density at radius 2 is 1.89 bits per heavy atom. The number of hydrogen-bond acceptors (Lipinski definition) is 2. The van der Waals surface area contributed by atoms with Gasteiger partial charge in [0.1, 0.15) is 0 Å². The van der Waals surface area contributed by atoms with Crippen molar-refractivity contribution in [2.24, 2.45) is 11.1 Å². The summed E-state index contributed by atoms with van der Waals surface area (Å²) in [6.45, 7) is 10.2. The van der Waals surface area contributed by atoms with E-state index in [1.807, 2.05) is 45.9 Å². The highest BCUT2D eigenvalue weighted by Crippen LogP contribution is 2.20. The minimum atomic E-state index is -0.135. The molecule has 1 atom stereocenters. The second-order valence-electron chi connectivity index (χ2n) is 6.02. The second-order valence-corrected chi connectivity index (χ2v) is 6.02. The van der Waals surface area contributed by atoms with Crippen molar-refractivity contribution in [3.8, 4) is 0 Å². The molecule has 0 fully saturated rings. The van der Waals surface area contributed by atoms with Gasteiger partial charge in [-0.05, 0) is 42.5 Å². The molecular formula is C15H24N2O.